The Kier molecular flexibility index (Phi) is 7.57. The third-order valence-corrected chi connectivity index (χ3v) is 4.86. The van der Waals surface area contributed by atoms with Crippen LogP contribution in [0.25, 0.3) is 5.76 Å². The van der Waals surface area contributed by atoms with Gasteiger partial charge in [0.2, 0.25) is 6.29 Å². The highest BCUT2D eigenvalue weighted by atomic mass is 16.7. The smallest absolute Gasteiger partial charge is 0.229 e. The first-order valence-corrected chi connectivity index (χ1v) is 9.90. The molecule has 166 valence electrons. The molecule has 5 N–H and O–H groups in total. The summed E-state index contributed by atoms with van der Waals surface area (Å²) in [5, 5.41) is 49.3. The molecule has 1 aromatic carbocycles. The van der Waals surface area contributed by atoms with E-state index in [2.05, 4.69) is 0 Å². The van der Waals surface area contributed by atoms with Crippen molar-refractivity contribution in [3.05, 3.63) is 41.7 Å². The van der Waals surface area contributed by atoms with E-state index in [9.17, 15) is 25.5 Å². The van der Waals surface area contributed by atoms with Crippen LogP contribution in [0.3, 0.4) is 0 Å². The van der Waals surface area contributed by atoms with Gasteiger partial charge in [-0.05, 0) is 25.0 Å². The molecule has 1 aromatic rings. The van der Waals surface area contributed by atoms with E-state index in [4.69, 9.17) is 18.9 Å². The number of benzene rings is 1. The summed E-state index contributed by atoms with van der Waals surface area (Å²) in [4.78, 5) is 0. The van der Waals surface area contributed by atoms with E-state index in [1.165, 1.54) is 0 Å². The van der Waals surface area contributed by atoms with E-state index in [-0.39, 0.29) is 18.1 Å². The highest BCUT2D eigenvalue weighted by Crippen LogP contribution is 2.36. The quantitative estimate of drug-likeness (QED) is 0.304. The first-order valence-electron chi connectivity index (χ1n) is 9.90. The molecular formula is C21H28O9. The third kappa shape index (κ3) is 4.88. The van der Waals surface area contributed by atoms with Gasteiger partial charge in [0.25, 0.3) is 0 Å². The normalized spacial score (nSPS) is 28.9. The Morgan fingerprint density at radius 2 is 1.93 bits per heavy atom. The Labute approximate surface area is 174 Å². The highest BCUT2D eigenvalue weighted by Gasteiger charge is 2.44. The molecule has 2 aliphatic rings. The van der Waals surface area contributed by atoms with Gasteiger partial charge < -0.3 is 44.5 Å². The molecule has 30 heavy (non-hydrogen) atoms. The fourth-order valence-electron chi connectivity index (χ4n) is 3.22. The maximum absolute atomic E-state index is 10.1. The molecule has 0 amide bonds. The molecule has 3 rings (SSSR count). The lowest BCUT2D eigenvalue weighted by Crippen LogP contribution is -2.60. The molecule has 0 bridgehead atoms. The molecule has 0 aromatic heterocycles. The summed E-state index contributed by atoms with van der Waals surface area (Å²) >= 11 is 0. The molecule has 1 fully saturated rings. The zero-order chi connectivity index (χ0) is 21.7. The molecule has 0 spiro atoms. The highest BCUT2D eigenvalue weighted by molar-refractivity contribution is 5.70. The van der Waals surface area contributed by atoms with Crippen LogP contribution < -0.4 is 9.47 Å². The average Bonchev–Trinajstić information content (AvgIpc) is 2.75. The maximum atomic E-state index is 10.1. The molecule has 5 atom stereocenters. The fraction of sp³-hybridized carbons (Fsp3) is 0.524. The third-order valence-electron chi connectivity index (χ3n) is 4.86. The number of ether oxygens (including phenoxy) is 4. The number of rotatable bonds is 8. The Balaban J connectivity index is 1.71. The number of aliphatic hydroxyl groups is 5. The minimum Gasteiger partial charge on any atom is -0.505 e. The predicted molar refractivity (Wildman–Crippen MR) is 106 cm³/mol. The predicted octanol–water partition coefficient (Wildman–Crippen LogP) is 0.857. The van der Waals surface area contributed by atoms with Crippen molar-refractivity contribution >= 4 is 5.76 Å². The lowest BCUT2D eigenvalue weighted by Gasteiger charge is -2.39. The SMILES string of the molecule is CCC=CCCOC1=C(O)COc2cc(O[C@@H]3O[C@H](CO)[C@H](O)[C@H](O)[C@H]3O)ccc21. The van der Waals surface area contributed by atoms with Crippen LogP contribution in [0.2, 0.25) is 0 Å². The first-order chi connectivity index (χ1) is 14.5. The van der Waals surface area contributed by atoms with E-state index in [1.54, 1.807) is 18.2 Å². The number of fused-ring (bicyclic) bond motifs is 1. The van der Waals surface area contributed by atoms with Crippen molar-refractivity contribution < 1.29 is 44.5 Å². The Morgan fingerprint density at radius 1 is 1.13 bits per heavy atom. The summed E-state index contributed by atoms with van der Waals surface area (Å²) in [5.41, 5.74) is 0.555. The van der Waals surface area contributed by atoms with Gasteiger partial charge in [-0.2, -0.15) is 0 Å². The van der Waals surface area contributed by atoms with Gasteiger partial charge in [-0.3, -0.25) is 0 Å². The van der Waals surface area contributed by atoms with Gasteiger partial charge in [0.05, 0.1) is 18.8 Å². The van der Waals surface area contributed by atoms with Gasteiger partial charge >= 0.3 is 0 Å². The van der Waals surface area contributed by atoms with Crippen LogP contribution in [-0.4, -0.2) is 76.1 Å². The van der Waals surface area contributed by atoms with E-state index in [0.717, 1.165) is 6.42 Å². The standard InChI is InChI=1S/C21H28O9/c1-2-3-4-5-8-27-20-13-7-6-12(9-15(13)28-11-14(20)23)29-21-19(26)18(25)17(24)16(10-22)30-21/h3-4,6-7,9,16-19,21-26H,2,5,8,10-11H2,1H3/t16-,17+,18+,19-,21-/m1/s1. The van der Waals surface area contributed by atoms with E-state index in [1.807, 2.05) is 19.1 Å². The van der Waals surface area contributed by atoms with Crippen molar-refractivity contribution in [3.8, 4) is 11.5 Å². The minimum atomic E-state index is -1.53. The molecule has 2 heterocycles. The van der Waals surface area contributed by atoms with E-state index < -0.39 is 37.3 Å². The van der Waals surface area contributed by atoms with Gasteiger partial charge in [0.15, 0.2) is 11.5 Å². The van der Waals surface area contributed by atoms with Gasteiger partial charge in [0, 0.05) is 6.07 Å². The lowest BCUT2D eigenvalue weighted by molar-refractivity contribution is -0.277. The largest absolute Gasteiger partial charge is 0.505 e. The summed E-state index contributed by atoms with van der Waals surface area (Å²) < 4.78 is 22.2. The zero-order valence-corrected chi connectivity index (χ0v) is 16.7. The minimum absolute atomic E-state index is 0.00965. The van der Waals surface area contributed by atoms with Crippen LogP contribution in [-0.2, 0) is 9.47 Å². The molecule has 0 aliphatic carbocycles. The van der Waals surface area contributed by atoms with E-state index >= 15 is 0 Å². The topological polar surface area (TPSA) is 138 Å². The van der Waals surface area contributed by atoms with Crippen LogP contribution in [0.4, 0.5) is 0 Å². The fourth-order valence-corrected chi connectivity index (χ4v) is 3.22. The first kappa shape index (κ1) is 22.4. The van der Waals surface area contributed by atoms with Crippen molar-refractivity contribution in [2.24, 2.45) is 0 Å². The molecule has 0 radical (unpaired) electrons. The number of aliphatic hydroxyl groups excluding tert-OH is 5. The summed E-state index contributed by atoms with van der Waals surface area (Å²) in [6.45, 7) is 1.84. The number of allylic oxidation sites excluding steroid dienone is 1. The second-order valence-electron chi connectivity index (χ2n) is 7.05. The molecular weight excluding hydrogens is 396 g/mol. The summed E-state index contributed by atoms with van der Waals surface area (Å²) in [6, 6.07) is 4.76. The van der Waals surface area contributed by atoms with Crippen molar-refractivity contribution in [2.45, 2.75) is 50.5 Å². The Morgan fingerprint density at radius 3 is 2.67 bits per heavy atom. The molecule has 9 heteroatoms. The average molecular weight is 424 g/mol. The lowest BCUT2D eigenvalue weighted by atomic mass is 9.99. The monoisotopic (exact) mass is 424 g/mol. The van der Waals surface area contributed by atoms with Gasteiger partial charge in [0.1, 0.15) is 42.5 Å². The summed E-state index contributed by atoms with van der Waals surface area (Å²) in [5.74, 6) is 1.00. The van der Waals surface area contributed by atoms with Crippen LogP contribution >= 0.6 is 0 Å². The summed E-state index contributed by atoms with van der Waals surface area (Å²) in [6.07, 6.45) is -1.17. The molecule has 2 aliphatic heterocycles. The molecule has 9 nitrogen and oxygen atoms in total. The number of hydrogen-bond acceptors (Lipinski definition) is 9. The van der Waals surface area contributed by atoms with Crippen molar-refractivity contribution in [1.82, 2.24) is 0 Å². The van der Waals surface area contributed by atoms with Crippen LogP contribution in [0.1, 0.15) is 25.3 Å². The molecule has 0 saturated carbocycles. The second-order valence-corrected chi connectivity index (χ2v) is 7.05. The second kappa shape index (κ2) is 10.1. The van der Waals surface area contributed by atoms with Gasteiger partial charge in [-0.25, -0.2) is 0 Å². The molecule has 1 saturated heterocycles. The Hall–Kier alpha value is -2.30. The van der Waals surface area contributed by atoms with Gasteiger partial charge in [-0.15, -0.1) is 0 Å². The zero-order valence-electron chi connectivity index (χ0n) is 16.7. The van der Waals surface area contributed by atoms with Crippen molar-refractivity contribution in [3.63, 3.8) is 0 Å². The van der Waals surface area contributed by atoms with Crippen molar-refractivity contribution in [1.29, 1.82) is 0 Å². The van der Waals surface area contributed by atoms with Crippen LogP contribution in [0.5, 0.6) is 11.5 Å². The van der Waals surface area contributed by atoms with Crippen LogP contribution in [0.15, 0.2) is 36.1 Å². The number of hydrogen-bond donors (Lipinski definition) is 5. The Bertz CT molecular complexity index is 774. The molecule has 0 unspecified atom stereocenters. The van der Waals surface area contributed by atoms with Gasteiger partial charge in [-0.1, -0.05) is 19.1 Å². The van der Waals surface area contributed by atoms with Crippen LogP contribution in [0, 0.1) is 0 Å². The maximum Gasteiger partial charge on any atom is 0.229 e. The summed E-state index contributed by atoms with van der Waals surface area (Å²) in [7, 11) is 0. The van der Waals surface area contributed by atoms with Crippen molar-refractivity contribution in [2.75, 3.05) is 19.8 Å². The van der Waals surface area contributed by atoms with E-state index in [0.29, 0.717) is 30.1 Å².